The molecular formula is C27H27N5O3. The Balaban J connectivity index is 1.45. The van der Waals surface area contributed by atoms with Crippen LogP contribution in [0.4, 0.5) is 0 Å². The lowest BCUT2D eigenvalue weighted by Gasteiger charge is -2.10. The fourth-order valence-corrected chi connectivity index (χ4v) is 3.67. The molecule has 0 saturated carbocycles. The van der Waals surface area contributed by atoms with Crippen LogP contribution in [0.3, 0.4) is 0 Å². The second-order valence-electron chi connectivity index (χ2n) is 7.93. The van der Waals surface area contributed by atoms with Gasteiger partial charge in [-0.1, -0.05) is 43.3 Å². The smallest absolute Gasteiger partial charge is 0.265 e. The number of benzene rings is 2. The van der Waals surface area contributed by atoms with Crippen molar-refractivity contribution in [1.29, 1.82) is 0 Å². The van der Waals surface area contributed by atoms with E-state index >= 15 is 0 Å². The van der Waals surface area contributed by atoms with Crippen molar-refractivity contribution in [1.82, 2.24) is 20.7 Å². The van der Waals surface area contributed by atoms with Crippen molar-refractivity contribution in [3.63, 3.8) is 0 Å². The first-order chi connectivity index (χ1) is 17.1. The maximum absolute atomic E-state index is 12.3. The minimum atomic E-state index is -0.392. The van der Waals surface area contributed by atoms with Crippen molar-refractivity contribution in [3.8, 4) is 28.1 Å². The number of hydrogen-bond donors (Lipinski definition) is 3. The molecule has 0 unspecified atom stereocenters. The standard InChI is InChI=1S/C27H27N5O3/c1-2-26(33)30-13-3-15-35-21-10-8-19(9-11-21)18-4-6-20(7-5-18)25-16-22(27(34)32-28)23-17-29-14-12-24(23)31-25/h4-12,14,16-17H,2-3,13,15,28H2,1H3,(H,30,33)(H,32,34). The molecule has 2 aromatic carbocycles. The van der Waals surface area contributed by atoms with Crippen LogP contribution in [0.1, 0.15) is 30.1 Å². The fourth-order valence-electron chi connectivity index (χ4n) is 3.67. The van der Waals surface area contributed by atoms with Crippen LogP contribution in [0.5, 0.6) is 5.75 Å². The highest BCUT2D eigenvalue weighted by Crippen LogP contribution is 2.28. The third-order valence-electron chi connectivity index (χ3n) is 5.59. The molecule has 0 aliphatic rings. The number of pyridine rings is 2. The summed E-state index contributed by atoms with van der Waals surface area (Å²) in [6, 6.07) is 19.4. The molecule has 4 aromatic rings. The average molecular weight is 470 g/mol. The Kier molecular flexibility index (Phi) is 7.64. The SMILES string of the molecule is CCC(=O)NCCCOc1ccc(-c2ccc(-c3cc(C(=O)NN)c4cnccc4n3)cc2)cc1. The Hall–Kier alpha value is -4.30. The quantitative estimate of drug-likeness (QED) is 0.148. The summed E-state index contributed by atoms with van der Waals surface area (Å²) >= 11 is 0. The van der Waals surface area contributed by atoms with Crippen LogP contribution in [0.15, 0.2) is 73.1 Å². The number of ether oxygens (including phenoxy) is 1. The van der Waals surface area contributed by atoms with E-state index in [0.717, 1.165) is 28.9 Å². The number of nitrogens with two attached hydrogens (primary N) is 1. The number of nitrogens with zero attached hydrogens (tertiary/aromatic N) is 2. The van der Waals surface area contributed by atoms with Gasteiger partial charge in [-0.3, -0.25) is 20.0 Å². The summed E-state index contributed by atoms with van der Waals surface area (Å²) in [7, 11) is 0. The molecular weight excluding hydrogens is 442 g/mol. The van der Waals surface area contributed by atoms with E-state index in [4.69, 9.17) is 15.6 Å². The molecule has 0 saturated heterocycles. The normalized spacial score (nSPS) is 10.7. The number of aromatic nitrogens is 2. The zero-order valence-electron chi connectivity index (χ0n) is 19.5. The molecule has 0 aliphatic carbocycles. The second kappa shape index (κ2) is 11.2. The number of hydrazine groups is 1. The number of amides is 2. The predicted octanol–water partition coefficient (Wildman–Crippen LogP) is 3.86. The molecule has 2 heterocycles. The molecule has 0 bridgehead atoms. The van der Waals surface area contributed by atoms with Gasteiger partial charge in [0.1, 0.15) is 5.75 Å². The zero-order chi connectivity index (χ0) is 24.6. The van der Waals surface area contributed by atoms with Crippen molar-refractivity contribution in [3.05, 3.63) is 78.6 Å². The van der Waals surface area contributed by atoms with Crippen molar-refractivity contribution in [2.24, 2.45) is 5.84 Å². The van der Waals surface area contributed by atoms with Crippen LogP contribution in [0.2, 0.25) is 0 Å². The van der Waals surface area contributed by atoms with E-state index in [0.29, 0.717) is 41.7 Å². The molecule has 8 nitrogen and oxygen atoms in total. The van der Waals surface area contributed by atoms with E-state index in [1.54, 1.807) is 24.5 Å². The van der Waals surface area contributed by atoms with Gasteiger partial charge in [-0.05, 0) is 41.8 Å². The molecule has 0 aliphatic heterocycles. The first kappa shape index (κ1) is 23.8. The van der Waals surface area contributed by atoms with Gasteiger partial charge in [0.2, 0.25) is 5.91 Å². The number of fused-ring (bicyclic) bond motifs is 1. The minimum absolute atomic E-state index is 0.0514. The number of carbonyl (C=O) groups is 2. The molecule has 4 N–H and O–H groups in total. The minimum Gasteiger partial charge on any atom is -0.494 e. The highest BCUT2D eigenvalue weighted by Gasteiger charge is 2.13. The van der Waals surface area contributed by atoms with Gasteiger partial charge in [-0.25, -0.2) is 10.8 Å². The lowest BCUT2D eigenvalue weighted by molar-refractivity contribution is -0.120. The number of hydrogen-bond acceptors (Lipinski definition) is 6. The molecule has 0 radical (unpaired) electrons. The summed E-state index contributed by atoms with van der Waals surface area (Å²) < 4.78 is 5.76. The fraction of sp³-hybridized carbons (Fsp3) is 0.185. The van der Waals surface area contributed by atoms with Crippen LogP contribution in [-0.4, -0.2) is 34.9 Å². The summed E-state index contributed by atoms with van der Waals surface area (Å²) in [4.78, 5) is 32.3. The molecule has 178 valence electrons. The first-order valence-electron chi connectivity index (χ1n) is 11.4. The van der Waals surface area contributed by atoms with Crippen LogP contribution in [-0.2, 0) is 4.79 Å². The topological polar surface area (TPSA) is 119 Å². The molecule has 35 heavy (non-hydrogen) atoms. The van der Waals surface area contributed by atoms with Crippen LogP contribution < -0.4 is 21.3 Å². The summed E-state index contributed by atoms with van der Waals surface area (Å²) in [6.45, 7) is 2.98. The van der Waals surface area contributed by atoms with Gasteiger partial charge in [-0.15, -0.1) is 0 Å². The third-order valence-corrected chi connectivity index (χ3v) is 5.59. The van der Waals surface area contributed by atoms with Gasteiger partial charge in [0.15, 0.2) is 0 Å². The van der Waals surface area contributed by atoms with Gasteiger partial charge in [0.05, 0.1) is 23.4 Å². The highest BCUT2D eigenvalue weighted by molar-refractivity contribution is 6.06. The number of rotatable bonds is 9. The van der Waals surface area contributed by atoms with E-state index in [1.807, 2.05) is 55.5 Å². The van der Waals surface area contributed by atoms with Gasteiger partial charge in [-0.2, -0.15) is 0 Å². The lowest BCUT2D eigenvalue weighted by Crippen LogP contribution is -2.30. The number of nitrogen functional groups attached to an aromatic ring is 1. The van der Waals surface area contributed by atoms with E-state index in [9.17, 15) is 9.59 Å². The third kappa shape index (κ3) is 5.80. The monoisotopic (exact) mass is 469 g/mol. The molecule has 4 rings (SSSR count). The Morgan fingerprint density at radius 1 is 0.971 bits per heavy atom. The van der Waals surface area contributed by atoms with Gasteiger partial charge in [0.25, 0.3) is 5.91 Å². The van der Waals surface area contributed by atoms with Gasteiger partial charge >= 0.3 is 0 Å². The summed E-state index contributed by atoms with van der Waals surface area (Å²) in [5, 5.41) is 3.48. The molecule has 0 atom stereocenters. The number of carbonyl (C=O) groups excluding carboxylic acids is 2. The molecule has 0 spiro atoms. The Bertz CT molecular complexity index is 1320. The summed E-state index contributed by atoms with van der Waals surface area (Å²) in [5.41, 5.74) is 6.95. The van der Waals surface area contributed by atoms with Crippen molar-refractivity contribution in [2.45, 2.75) is 19.8 Å². The Labute approximate surface area is 203 Å². The zero-order valence-corrected chi connectivity index (χ0v) is 19.5. The molecule has 0 fully saturated rings. The molecule has 2 amide bonds. The van der Waals surface area contributed by atoms with Crippen molar-refractivity contribution < 1.29 is 14.3 Å². The van der Waals surface area contributed by atoms with Gasteiger partial charge < -0.3 is 10.1 Å². The van der Waals surface area contributed by atoms with Crippen molar-refractivity contribution >= 4 is 22.7 Å². The van der Waals surface area contributed by atoms with E-state index in [1.165, 1.54) is 0 Å². The Morgan fingerprint density at radius 3 is 2.34 bits per heavy atom. The Morgan fingerprint density at radius 2 is 1.66 bits per heavy atom. The van der Waals surface area contributed by atoms with Gasteiger partial charge in [0, 0.05) is 36.3 Å². The van der Waals surface area contributed by atoms with Crippen LogP contribution >= 0.6 is 0 Å². The van der Waals surface area contributed by atoms with E-state index in [-0.39, 0.29) is 5.91 Å². The van der Waals surface area contributed by atoms with Crippen LogP contribution in [0, 0.1) is 0 Å². The highest BCUT2D eigenvalue weighted by atomic mass is 16.5. The van der Waals surface area contributed by atoms with E-state index in [2.05, 4.69) is 15.7 Å². The lowest BCUT2D eigenvalue weighted by atomic mass is 10.0. The van der Waals surface area contributed by atoms with Crippen molar-refractivity contribution in [2.75, 3.05) is 13.2 Å². The summed E-state index contributed by atoms with van der Waals surface area (Å²) in [6.07, 6.45) is 4.50. The maximum atomic E-state index is 12.3. The average Bonchev–Trinajstić information content (AvgIpc) is 2.92. The molecule has 2 aromatic heterocycles. The summed E-state index contributed by atoms with van der Waals surface area (Å²) in [5.74, 6) is 5.81. The van der Waals surface area contributed by atoms with Crippen LogP contribution in [0.25, 0.3) is 33.3 Å². The largest absolute Gasteiger partial charge is 0.494 e. The molecule has 8 heteroatoms. The predicted molar refractivity (Wildman–Crippen MR) is 135 cm³/mol. The van der Waals surface area contributed by atoms with E-state index < -0.39 is 5.91 Å². The maximum Gasteiger partial charge on any atom is 0.265 e. The first-order valence-corrected chi connectivity index (χ1v) is 11.4. The number of nitrogens with one attached hydrogen (secondary N) is 2. The second-order valence-corrected chi connectivity index (χ2v) is 7.93.